The summed E-state index contributed by atoms with van der Waals surface area (Å²) in [6.07, 6.45) is 3.89. The van der Waals surface area contributed by atoms with Gasteiger partial charge in [-0.05, 0) is 66.8 Å². The second kappa shape index (κ2) is 8.59. The molecule has 1 aromatic heterocycles. The third-order valence-corrected chi connectivity index (χ3v) is 5.49. The highest BCUT2D eigenvalue weighted by atomic mass is 16.3. The molecule has 0 spiro atoms. The summed E-state index contributed by atoms with van der Waals surface area (Å²) in [6.45, 7) is 3.64. The minimum Gasteiger partial charge on any atom is -0.464 e. The van der Waals surface area contributed by atoms with Crippen molar-refractivity contribution in [2.75, 3.05) is 32.8 Å². The predicted molar refractivity (Wildman–Crippen MR) is 110 cm³/mol. The molecule has 3 aromatic rings. The quantitative estimate of drug-likeness (QED) is 0.689. The van der Waals surface area contributed by atoms with Crippen molar-refractivity contribution in [1.82, 2.24) is 10.2 Å². The van der Waals surface area contributed by atoms with E-state index in [-0.39, 0.29) is 12.5 Å². The van der Waals surface area contributed by atoms with Crippen molar-refractivity contribution in [1.29, 1.82) is 0 Å². The Labute approximate surface area is 165 Å². The lowest BCUT2D eigenvalue weighted by Crippen LogP contribution is -2.41. The molecular formula is C23H26N2O3. The average Bonchev–Trinajstić information content (AvgIpc) is 3.22. The number of furan rings is 1. The molecule has 1 amide bonds. The summed E-state index contributed by atoms with van der Waals surface area (Å²) in [7, 11) is 0. The van der Waals surface area contributed by atoms with E-state index in [0.29, 0.717) is 18.0 Å². The van der Waals surface area contributed by atoms with Crippen LogP contribution in [0.3, 0.4) is 0 Å². The number of likely N-dealkylation sites (tertiary alicyclic amines) is 1. The molecule has 2 N–H and O–H groups in total. The minimum absolute atomic E-state index is 0.0537. The van der Waals surface area contributed by atoms with Gasteiger partial charge in [-0.15, -0.1) is 0 Å². The fourth-order valence-corrected chi connectivity index (χ4v) is 3.92. The zero-order chi connectivity index (χ0) is 19.3. The maximum Gasteiger partial charge on any atom is 0.251 e. The number of nitrogens with one attached hydrogen (secondary N) is 1. The fourth-order valence-electron chi connectivity index (χ4n) is 3.92. The molecule has 2 aromatic carbocycles. The zero-order valence-electron chi connectivity index (χ0n) is 15.9. The number of hydrogen-bond donors (Lipinski definition) is 2. The Balaban J connectivity index is 1.37. The van der Waals surface area contributed by atoms with Gasteiger partial charge >= 0.3 is 0 Å². The van der Waals surface area contributed by atoms with Crippen LogP contribution in [0.2, 0.25) is 0 Å². The predicted octanol–water partition coefficient (Wildman–Crippen LogP) is 3.53. The van der Waals surface area contributed by atoms with Crippen LogP contribution in [-0.4, -0.2) is 48.7 Å². The first-order valence-electron chi connectivity index (χ1n) is 9.92. The summed E-state index contributed by atoms with van der Waals surface area (Å²) < 4.78 is 5.40. The van der Waals surface area contributed by atoms with Crippen LogP contribution in [0.25, 0.3) is 22.1 Å². The number of carbonyl (C=O) groups is 1. The van der Waals surface area contributed by atoms with Crippen LogP contribution < -0.4 is 5.32 Å². The van der Waals surface area contributed by atoms with Gasteiger partial charge in [0.1, 0.15) is 5.58 Å². The number of benzene rings is 2. The summed E-state index contributed by atoms with van der Waals surface area (Å²) in [5.74, 6) is 0.315. The number of amides is 1. The van der Waals surface area contributed by atoms with E-state index in [1.54, 1.807) is 6.26 Å². The second-order valence-electron chi connectivity index (χ2n) is 7.50. The number of piperidine rings is 1. The van der Waals surface area contributed by atoms with Gasteiger partial charge in [0.2, 0.25) is 0 Å². The van der Waals surface area contributed by atoms with Crippen molar-refractivity contribution in [3.8, 4) is 11.1 Å². The molecule has 0 aliphatic carbocycles. The molecule has 146 valence electrons. The van der Waals surface area contributed by atoms with Crippen LogP contribution in [0.5, 0.6) is 0 Å². The van der Waals surface area contributed by atoms with Crippen molar-refractivity contribution in [2.45, 2.75) is 12.8 Å². The highest BCUT2D eigenvalue weighted by Gasteiger charge is 2.18. The van der Waals surface area contributed by atoms with Gasteiger partial charge < -0.3 is 19.7 Å². The maximum atomic E-state index is 12.6. The Morgan fingerprint density at radius 3 is 2.96 bits per heavy atom. The van der Waals surface area contributed by atoms with Crippen LogP contribution in [0, 0.1) is 5.92 Å². The Morgan fingerprint density at radius 2 is 2.07 bits per heavy atom. The van der Waals surface area contributed by atoms with Crippen LogP contribution >= 0.6 is 0 Å². The number of rotatable bonds is 6. The standard InChI is InChI=1S/C23H26N2O3/c26-16-17-3-2-10-25(15-17)11-9-24-23(27)21-5-1-4-18(14-21)19-6-7-22-20(13-19)8-12-28-22/h1,4-8,12-14,17,26H,2-3,9-11,15-16H2,(H,24,27)/t17-/m0/s1. The smallest absolute Gasteiger partial charge is 0.251 e. The first kappa shape index (κ1) is 18.7. The van der Waals surface area contributed by atoms with Gasteiger partial charge in [0.25, 0.3) is 5.91 Å². The number of carbonyl (C=O) groups excluding carboxylic acids is 1. The molecule has 4 rings (SSSR count). The molecule has 1 aliphatic rings. The van der Waals surface area contributed by atoms with Crippen molar-refractivity contribution in [2.24, 2.45) is 5.92 Å². The molecule has 0 saturated carbocycles. The normalized spacial score (nSPS) is 17.7. The van der Waals surface area contributed by atoms with E-state index in [9.17, 15) is 9.90 Å². The Kier molecular flexibility index (Phi) is 5.74. The van der Waals surface area contributed by atoms with Crippen molar-refractivity contribution < 1.29 is 14.3 Å². The lowest BCUT2D eigenvalue weighted by Gasteiger charge is -2.31. The average molecular weight is 378 g/mol. The lowest BCUT2D eigenvalue weighted by molar-refractivity contribution is 0.0930. The number of fused-ring (bicyclic) bond motifs is 1. The van der Waals surface area contributed by atoms with Gasteiger partial charge in [-0.3, -0.25) is 4.79 Å². The number of nitrogens with zero attached hydrogens (tertiary/aromatic N) is 1. The minimum atomic E-state index is -0.0537. The van der Waals surface area contributed by atoms with Crippen LogP contribution in [0.15, 0.2) is 59.2 Å². The first-order chi connectivity index (χ1) is 13.7. The third-order valence-electron chi connectivity index (χ3n) is 5.49. The fraction of sp³-hybridized carbons (Fsp3) is 0.348. The van der Waals surface area contributed by atoms with Gasteiger partial charge in [0, 0.05) is 37.2 Å². The Morgan fingerprint density at radius 1 is 1.18 bits per heavy atom. The van der Waals surface area contributed by atoms with Crippen molar-refractivity contribution in [3.05, 3.63) is 60.4 Å². The summed E-state index contributed by atoms with van der Waals surface area (Å²) in [5, 5.41) is 13.4. The van der Waals surface area contributed by atoms with E-state index >= 15 is 0 Å². The van der Waals surface area contributed by atoms with E-state index in [1.165, 1.54) is 0 Å². The number of hydrogen-bond acceptors (Lipinski definition) is 4. The monoisotopic (exact) mass is 378 g/mol. The van der Waals surface area contributed by atoms with Crippen molar-refractivity contribution in [3.63, 3.8) is 0 Å². The largest absolute Gasteiger partial charge is 0.464 e. The molecule has 0 bridgehead atoms. The SMILES string of the molecule is O=C(NCCN1CCC[C@H](CO)C1)c1cccc(-c2ccc3occc3c2)c1. The van der Waals surface area contributed by atoms with Gasteiger partial charge in [-0.2, -0.15) is 0 Å². The van der Waals surface area contributed by atoms with E-state index in [0.717, 1.165) is 54.6 Å². The molecular weight excluding hydrogens is 352 g/mol. The lowest BCUT2D eigenvalue weighted by atomic mass is 9.99. The zero-order valence-corrected chi connectivity index (χ0v) is 15.9. The van der Waals surface area contributed by atoms with E-state index < -0.39 is 0 Å². The molecule has 2 heterocycles. The summed E-state index contributed by atoms with van der Waals surface area (Å²) in [6, 6.07) is 15.7. The van der Waals surface area contributed by atoms with Crippen LogP contribution in [0.1, 0.15) is 23.2 Å². The van der Waals surface area contributed by atoms with Gasteiger partial charge in [0.15, 0.2) is 0 Å². The van der Waals surface area contributed by atoms with Crippen molar-refractivity contribution >= 4 is 16.9 Å². The van der Waals surface area contributed by atoms with Crippen LogP contribution in [-0.2, 0) is 0 Å². The highest BCUT2D eigenvalue weighted by Crippen LogP contribution is 2.25. The molecule has 5 nitrogen and oxygen atoms in total. The second-order valence-corrected chi connectivity index (χ2v) is 7.50. The summed E-state index contributed by atoms with van der Waals surface area (Å²) in [5.41, 5.74) is 3.60. The molecule has 1 fully saturated rings. The van der Waals surface area contributed by atoms with Gasteiger partial charge in [-0.1, -0.05) is 18.2 Å². The Bertz CT molecular complexity index is 950. The van der Waals surface area contributed by atoms with Gasteiger partial charge in [-0.25, -0.2) is 0 Å². The molecule has 0 radical (unpaired) electrons. The first-order valence-corrected chi connectivity index (χ1v) is 9.92. The number of aliphatic hydroxyl groups excluding tert-OH is 1. The summed E-state index contributed by atoms with van der Waals surface area (Å²) >= 11 is 0. The Hall–Kier alpha value is -2.63. The third kappa shape index (κ3) is 4.26. The summed E-state index contributed by atoms with van der Waals surface area (Å²) in [4.78, 5) is 14.9. The van der Waals surface area contributed by atoms with E-state index in [2.05, 4.69) is 16.3 Å². The van der Waals surface area contributed by atoms with Crippen LogP contribution in [0.4, 0.5) is 0 Å². The molecule has 28 heavy (non-hydrogen) atoms. The number of aliphatic hydroxyl groups is 1. The topological polar surface area (TPSA) is 65.7 Å². The maximum absolute atomic E-state index is 12.6. The molecule has 5 heteroatoms. The van der Waals surface area contributed by atoms with Gasteiger partial charge in [0.05, 0.1) is 6.26 Å². The van der Waals surface area contributed by atoms with E-state index in [4.69, 9.17) is 4.42 Å². The molecule has 1 saturated heterocycles. The molecule has 1 aliphatic heterocycles. The molecule has 0 unspecified atom stereocenters. The highest BCUT2D eigenvalue weighted by molar-refractivity contribution is 5.95. The molecule has 1 atom stereocenters. The van der Waals surface area contributed by atoms with E-state index in [1.807, 2.05) is 42.5 Å².